The number of anilines is 2. The monoisotopic (exact) mass is 288 g/mol. The molecule has 0 aromatic heterocycles. The summed E-state index contributed by atoms with van der Waals surface area (Å²) in [5.41, 5.74) is 19.3. The van der Waals surface area contributed by atoms with Gasteiger partial charge in [0.2, 0.25) is 0 Å². The Labute approximate surface area is 131 Å². The largest absolute Gasteiger partial charge is 0.399 e. The molecule has 0 fully saturated rings. The van der Waals surface area contributed by atoms with E-state index in [1.165, 1.54) is 16.7 Å². The van der Waals surface area contributed by atoms with Gasteiger partial charge in [0.15, 0.2) is 0 Å². The second-order valence-electron chi connectivity index (χ2n) is 5.48. The highest BCUT2D eigenvalue weighted by Gasteiger charge is 2.08. The van der Waals surface area contributed by atoms with Crippen LogP contribution in [0.3, 0.4) is 0 Å². The lowest BCUT2D eigenvalue weighted by Gasteiger charge is -2.12. The molecule has 0 unspecified atom stereocenters. The fraction of sp³-hybridized carbons (Fsp3) is 0.100. The van der Waals surface area contributed by atoms with Crippen LogP contribution < -0.4 is 11.5 Å². The SMILES string of the molecule is CCc1cccc(-c2cc(N)ccc2-c2ccc(N)cc2)c1. The van der Waals surface area contributed by atoms with E-state index in [2.05, 4.69) is 37.3 Å². The van der Waals surface area contributed by atoms with E-state index in [-0.39, 0.29) is 0 Å². The zero-order chi connectivity index (χ0) is 15.5. The molecule has 2 heteroatoms. The number of rotatable bonds is 3. The minimum atomic E-state index is 0.772. The molecule has 0 aliphatic carbocycles. The van der Waals surface area contributed by atoms with Gasteiger partial charge in [-0.2, -0.15) is 0 Å². The van der Waals surface area contributed by atoms with E-state index in [9.17, 15) is 0 Å². The molecule has 0 spiro atoms. The standard InChI is InChI=1S/C20H20N2/c1-2-14-4-3-5-16(12-14)20-13-18(22)10-11-19(20)15-6-8-17(21)9-7-15/h3-13H,2,21-22H2,1H3. The van der Waals surface area contributed by atoms with Gasteiger partial charge in [-0.1, -0.05) is 49.4 Å². The van der Waals surface area contributed by atoms with Gasteiger partial charge in [-0.3, -0.25) is 0 Å². The van der Waals surface area contributed by atoms with Crippen molar-refractivity contribution in [3.8, 4) is 22.3 Å². The molecule has 2 nitrogen and oxygen atoms in total. The Kier molecular flexibility index (Phi) is 3.84. The Balaban J connectivity index is 2.17. The van der Waals surface area contributed by atoms with Crippen LogP contribution in [0.25, 0.3) is 22.3 Å². The summed E-state index contributed by atoms with van der Waals surface area (Å²) in [5, 5.41) is 0. The molecule has 3 rings (SSSR count). The van der Waals surface area contributed by atoms with Crippen molar-refractivity contribution in [1.82, 2.24) is 0 Å². The van der Waals surface area contributed by atoms with Crippen LogP contribution in [0.2, 0.25) is 0 Å². The normalized spacial score (nSPS) is 10.6. The van der Waals surface area contributed by atoms with Crippen LogP contribution in [0, 0.1) is 0 Å². The Morgan fingerprint density at radius 2 is 1.41 bits per heavy atom. The van der Waals surface area contributed by atoms with Crippen molar-refractivity contribution in [2.24, 2.45) is 0 Å². The predicted molar refractivity (Wildman–Crippen MR) is 95.5 cm³/mol. The minimum Gasteiger partial charge on any atom is -0.399 e. The van der Waals surface area contributed by atoms with Crippen LogP contribution in [0.15, 0.2) is 66.7 Å². The van der Waals surface area contributed by atoms with E-state index in [0.29, 0.717) is 0 Å². The van der Waals surface area contributed by atoms with E-state index in [0.717, 1.165) is 28.9 Å². The van der Waals surface area contributed by atoms with Crippen molar-refractivity contribution in [3.05, 3.63) is 72.3 Å². The Morgan fingerprint density at radius 1 is 0.682 bits per heavy atom. The summed E-state index contributed by atoms with van der Waals surface area (Å²) in [4.78, 5) is 0. The van der Waals surface area contributed by atoms with Gasteiger partial charge < -0.3 is 11.5 Å². The summed E-state index contributed by atoms with van der Waals surface area (Å²) in [7, 11) is 0. The second-order valence-corrected chi connectivity index (χ2v) is 5.48. The van der Waals surface area contributed by atoms with E-state index in [1.807, 2.05) is 36.4 Å². The third-order valence-corrected chi connectivity index (χ3v) is 3.91. The highest BCUT2D eigenvalue weighted by atomic mass is 14.5. The Bertz CT molecular complexity index is 789. The summed E-state index contributed by atoms with van der Waals surface area (Å²) in [6.07, 6.45) is 1.02. The predicted octanol–water partition coefficient (Wildman–Crippen LogP) is 4.75. The van der Waals surface area contributed by atoms with Crippen molar-refractivity contribution in [2.75, 3.05) is 11.5 Å². The van der Waals surface area contributed by atoms with Crippen LogP contribution in [0.1, 0.15) is 12.5 Å². The van der Waals surface area contributed by atoms with Crippen molar-refractivity contribution in [3.63, 3.8) is 0 Å². The molecule has 0 aliphatic rings. The molecule has 3 aromatic carbocycles. The van der Waals surface area contributed by atoms with E-state index in [4.69, 9.17) is 11.5 Å². The lowest BCUT2D eigenvalue weighted by atomic mass is 9.93. The van der Waals surface area contributed by atoms with Gasteiger partial charge in [0.1, 0.15) is 0 Å². The van der Waals surface area contributed by atoms with E-state index in [1.54, 1.807) is 0 Å². The Morgan fingerprint density at radius 3 is 2.14 bits per heavy atom. The average Bonchev–Trinajstić information content (AvgIpc) is 2.56. The molecule has 0 atom stereocenters. The van der Waals surface area contributed by atoms with Crippen molar-refractivity contribution in [1.29, 1.82) is 0 Å². The molecule has 4 N–H and O–H groups in total. The number of hydrogen-bond donors (Lipinski definition) is 2. The summed E-state index contributed by atoms with van der Waals surface area (Å²) >= 11 is 0. The van der Waals surface area contributed by atoms with E-state index >= 15 is 0 Å². The Hall–Kier alpha value is -2.74. The smallest absolute Gasteiger partial charge is 0.0320 e. The lowest BCUT2D eigenvalue weighted by Crippen LogP contribution is -1.91. The van der Waals surface area contributed by atoms with E-state index < -0.39 is 0 Å². The van der Waals surface area contributed by atoms with Crippen LogP contribution in [0.4, 0.5) is 11.4 Å². The first-order chi connectivity index (χ1) is 10.7. The van der Waals surface area contributed by atoms with Crippen LogP contribution >= 0.6 is 0 Å². The second kappa shape index (κ2) is 5.94. The van der Waals surface area contributed by atoms with Crippen molar-refractivity contribution < 1.29 is 0 Å². The van der Waals surface area contributed by atoms with Crippen molar-refractivity contribution in [2.45, 2.75) is 13.3 Å². The fourth-order valence-corrected chi connectivity index (χ4v) is 2.67. The van der Waals surface area contributed by atoms with Crippen LogP contribution in [-0.2, 0) is 6.42 Å². The topological polar surface area (TPSA) is 52.0 Å². The van der Waals surface area contributed by atoms with Gasteiger partial charge in [-0.25, -0.2) is 0 Å². The summed E-state index contributed by atoms with van der Waals surface area (Å²) in [5.74, 6) is 0. The molecular weight excluding hydrogens is 268 g/mol. The summed E-state index contributed by atoms with van der Waals surface area (Å²) < 4.78 is 0. The summed E-state index contributed by atoms with van der Waals surface area (Å²) in [6.45, 7) is 2.17. The van der Waals surface area contributed by atoms with Gasteiger partial charge in [0, 0.05) is 11.4 Å². The highest BCUT2D eigenvalue weighted by Crippen LogP contribution is 2.34. The number of hydrogen-bond acceptors (Lipinski definition) is 2. The third kappa shape index (κ3) is 2.82. The van der Waals surface area contributed by atoms with Gasteiger partial charge in [0.05, 0.1) is 0 Å². The highest BCUT2D eigenvalue weighted by molar-refractivity contribution is 5.86. The van der Waals surface area contributed by atoms with Crippen molar-refractivity contribution >= 4 is 11.4 Å². The minimum absolute atomic E-state index is 0.772. The average molecular weight is 288 g/mol. The van der Waals surface area contributed by atoms with Gasteiger partial charge >= 0.3 is 0 Å². The first kappa shape index (κ1) is 14.2. The number of nitrogen functional groups attached to an aromatic ring is 2. The molecule has 0 amide bonds. The molecule has 0 heterocycles. The maximum absolute atomic E-state index is 6.02. The maximum atomic E-state index is 6.02. The fourth-order valence-electron chi connectivity index (χ4n) is 2.67. The van der Waals surface area contributed by atoms with Crippen LogP contribution in [0.5, 0.6) is 0 Å². The quantitative estimate of drug-likeness (QED) is 0.683. The molecule has 3 aromatic rings. The molecule has 0 bridgehead atoms. The molecule has 110 valence electrons. The number of benzene rings is 3. The first-order valence-corrected chi connectivity index (χ1v) is 7.52. The van der Waals surface area contributed by atoms with Crippen LogP contribution in [-0.4, -0.2) is 0 Å². The molecular formula is C20H20N2. The van der Waals surface area contributed by atoms with Gasteiger partial charge in [0.25, 0.3) is 0 Å². The molecule has 22 heavy (non-hydrogen) atoms. The third-order valence-electron chi connectivity index (χ3n) is 3.91. The molecule has 0 saturated heterocycles. The lowest BCUT2D eigenvalue weighted by molar-refractivity contribution is 1.14. The zero-order valence-corrected chi connectivity index (χ0v) is 12.7. The van der Waals surface area contributed by atoms with Gasteiger partial charge in [-0.05, 0) is 58.5 Å². The summed E-state index contributed by atoms with van der Waals surface area (Å²) in [6, 6.07) is 22.6. The molecule has 0 radical (unpaired) electrons. The number of nitrogens with two attached hydrogens (primary N) is 2. The maximum Gasteiger partial charge on any atom is 0.0320 e. The van der Waals surface area contributed by atoms with Gasteiger partial charge in [-0.15, -0.1) is 0 Å². The molecule has 0 aliphatic heterocycles. The first-order valence-electron chi connectivity index (χ1n) is 7.52. The molecule has 0 saturated carbocycles. The number of aryl methyl sites for hydroxylation is 1. The zero-order valence-electron chi connectivity index (χ0n) is 12.7.